The van der Waals surface area contributed by atoms with Crippen LogP contribution in [0.15, 0.2) is 54.6 Å². The average molecular weight is 328 g/mol. The zero-order valence-electron chi connectivity index (χ0n) is 14.5. The third kappa shape index (κ3) is 6.91. The molecule has 23 heavy (non-hydrogen) atoms. The van der Waals surface area contributed by atoms with Crippen molar-refractivity contribution >= 4 is 23.2 Å². The SMILES string of the molecule is CN(C/C=C\C#CC(C)(C)C)Cc1ccc2ccccc2c1.Cl. The van der Waals surface area contributed by atoms with Crippen molar-refractivity contribution < 1.29 is 0 Å². The Kier molecular flexibility index (Phi) is 7.36. The summed E-state index contributed by atoms with van der Waals surface area (Å²) in [5, 5.41) is 2.60. The Morgan fingerprint density at radius 3 is 2.43 bits per heavy atom. The molecule has 0 N–H and O–H groups in total. The fourth-order valence-electron chi connectivity index (χ4n) is 2.26. The Labute approximate surface area is 146 Å². The highest BCUT2D eigenvalue weighted by Gasteiger charge is 2.02. The van der Waals surface area contributed by atoms with E-state index in [1.54, 1.807) is 0 Å². The maximum Gasteiger partial charge on any atom is 0.0234 e. The number of halogens is 1. The molecule has 2 aromatic carbocycles. The molecule has 0 aromatic heterocycles. The van der Waals surface area contributed by atoms with Gasteiger partial charge in [0.25, 0.3) is 0 Å². The van der Waals surface area contributed by atoms with Gasteiger partial charge in [-0.05, 0) is 56.3 Å². The first kappa shape index (κ1) is 19.3. The minimum atomic E-state index is 0. The van der Waals surface area contributed by atoms with Gasteiger partial charge in [-0.2, -0.15) is 0 Å². The highest BCUT2D eigenvalue weighted by molar-refractivity contribution is 5.85. The van der Waals surface area contributed by atoms with Crippen molar-refractivity contribution in [2.75, 3.05) is 13.6 Å². The van der Waals surface area contributed by atoms with Crippen molar-refractivity contribution in [2.24, 2.45) is 5.41 Å². The molecule has 0 spiro atoms. The lowest BCUT2D eigenvalue weighted by Gasteiger charge is -2.14. The van der Waals surface area contributed by atoms with Crippen LogP contribution in [-0.2, 0) is 6.54 Å². The molecule has 0 bridgehead atoms. The van der Waals surface area contributed by atoms with Crippen LogP contribution in [0.5, 0.6) is 0 Å². The molecule has 0 fully saturated rings. The number of allylic oxidation sites excluding steroid dienone is 1. The van der Waals surface area contributed by atoms with Crippen LogP contribution < -0.4 is 0 Å². The van der Waals surface area contributed by atoms with Crippen molar-refractivity contribution in [3.05, 3.63) is 60.2 Å². The number of hydrogen-bond acceptors (Lipinski definition) is 1. The van der Waals surface area contributed by atoms with Gasteiger partial charge in [-0.25, -0.2) is 0 Å². The van der Waals surface area contributed by atoms with Gasteiger partial charge in [0.2, 0.25) is 0 Å². The lowest BCUT2D eigenvalue weighted by molar-refractivity contribution is 0.363. The summed E-state index contributed by atoms with van der Waals surface area (Å²) in [5.74, 6) is 6.32. The van der Waals surface area contributed by atoms with Gasteiger partial charge in [0.05, 0.1) is 0 Å². The van der Waals surface area contributed by atoms with Gasteiger partial charge < -0.3 is 0 Å². The molecule has 0 amide bonds. The van der Waals surface area contributed by atoms with Crippen LogP contribution in [0.2, 0.25) is 0 Å². The lowest BCUT2D eigenvalue weighted by Crippen LogP contribution is -2.17. The minimum absolute atomic E-state index is 0. The highest BCUT2D eigenvalue weighted by Crippen LogP contribution is 2.16. The number of hydrogen-bond donors (Lipinski definition) is 0. The number of likely N-dealkylation sites (N-methyl/N-ethyl adjacent to an activating group) is 1. The quantitative estimate of drug-likeness (QED) is 0.689. The van der Waals surface area contributed by atoms with Crippen LogP contribution in [0.3, 0.4) is 0 Å². The predicted molar refractivity (Wildman–Crippen MR) is 104 cm³/mol. The highest BCUT2D eigenvalue weighted by atomic mass is 35.5. The third-order valence-corrected chi connectivity index (χ3v) is 3.33. The molecule has 0 aliphatic carbocycles. The van der Waals surface area contributed by atoms with Crippen LogP contribution in [-0.4, -0.2) is 18.5 Å². The van der Waals surface area contributed by atoms with Crippen molar-refractivity contribution in [1.82, 2.24) is 4.90 Å². The number of nitrogens with zero attached hydrogens (tertiary/aromatic N) is 1. The van der Waals surface area contributed by atoms with Crippen molar-refractivity contribution in [3.63, 3.8) is 0 Å². The molecule has 0 unspecified atom stereocenters. The third-order valence-electron chi connectivity index (χ3n) is 3.33. The van der Waals surface area contributed by atoms with E-state index in [-0.39, 0.29) is 17.8 Å². The molecule has 0 heterocycles. The summed E-state index contributed by atoms with van der Waals surface area (Å²) in [6, 6.07) is 15.2. The summed E-state index contributed by atoms with van der Waals surface area (Å²) in [4.78, 5) is 2.29. The Morgan fingerprint density at radius 1 is 1.04 bits per heavy atom. The molecule has 2 heteroatoms. The minimum Gasteiger partial charge on any atom is -0.298 e. The maximum absolute atomic E-state index is 3.21. The van der Waals surface area contributed by atoms with Gasteiger partial charge in [0.1, 0.15) is 0 Å². The van der Waals surface area contributed by atoms with Crippen LogP contribution in [0, 0.1) is 17.3 Å². The van der Waals surface area contributed by atoms with Gasteiger partial charge in [-0.1, -0.05) is 54.3 Å². The zero-order chi connectivity index (χ0) is 16.0. The van der Waals surface area contributed by atoms with Crippen molar-refractivity contribution in [1.29, 1.82) is 0 Å². The van der Waals surface area contributed by atoms with E-state index in [9.17, 15) is 0 Å². The van der Waals surface area contributed by atoms with Crippen molar-refractivity contribution in [2.45, 2.75) is 27.3 Å². The monoisotopic (exact) mass is 327 g/mol. The molecular formula is C21H26ClN. The normalized spacial score (nSPS) is 11.3. The van der Waals surface area contributed by atoms with Crippen LogP contribution in [0.1, 0.15) is 26.3 Å². The van der Waals surface area contributed by atoms with E-state index in [1.165, 1.54) is 16.3 Å². The Balaban J connectivity index is 0.00000264. The Morgan fingerprint density at radius 2 is 1.74 bits per heavy atom. The summed E-state index contributed by atoms with van der Waals surface area (Å²) >= 11 is 0. The largest absolute Gasteiger partial charge is 0.298 e. The molecule has 0 saturated carbocycles. The topological polar surface area (TPSA) is 3.24 Å². The molecule has 0 atom stereocenters. The molecule has 0 saturated heterocycles. The average Bonchev–Trinajstić information content (AvgIpc) is 2.45. The lowest BCUT2D eigenvalue weighted by atomic mass is 9.98. The standard InChI is InChI=1S/C21H25N.ClH/c1-21(2,3)14-8-5-9-15-22(4)17-18-12-13-19-10-6-7-11-20(19)16-18;/h5-7,9-13,16H,15,17H2,1-4H3;1H/b9-5-;. The fraction of sp³-hybridized carbons (Fsp3) is 0.333. The number of benzene rings is 2. The number of fused-ring (bicyclic) bond motifs is 1. The molecule has 0 radical (unpaired) electrons. The van der Waals surface area contributed by atoms with Gasteiger partial charge in [-0.15, -0.1) is 12.4 Å². The van der Waals surface area contributed by atoms with Crippen LogP contribution >= 0.6 is 12.4 Å². The second kappa shape index (κ2) is 8.77. The first-order valence-corrected chi connectivity index (χ1v) is 7.78. The van der Waals surface area contributed by atoms with E-state index in [0.29, 0.717) is 0 Å². The zero-order valence-corrected chi connectivity index (χ0v) is 15.3. The van der Waals surface area contributed by atoms with Gasteiger partial charge in [0, 0.05) is 18.5 Å². The summed E-state index contributed by atoms with van der Waals surface area (Å²) in [5.41, 5.74) is 1.41. The Hall–Kier alpha value is -1.75. The van der Waals surface area contributed by atoms with E-state index < -0.39 is 0 Å². The second-order valence-electron chi connectivity index (χ2n) is 6.80. The number of rotatable bonds is 4. The maximum atomic E-state index is 3.21. The van der Waals surface area contributed by atoms with E-state index in [2.05, 4.69) is 93.1 Å². The smallest absolute Gasteiger partial charge is 0.0234 e. The van der Waals surface area contributed by atoms with E-state index in [0.717, 1.165) is 13.1 Å². The van der Waals surface area contributed by atoms with E-state index in [1.807, 2.05) is 6.08 Å². The summed E-state index contributed by atoms with van der Waals surface area (Å²) in [7, 11) is 2.14. The molecular weight excluding hydrogens is 302 g/mol. The molecule has 2 aromatic rings. The summed E-state index contributed by atoms with van der Waals surface area (Å²) in [6.45, 7) is 8.23. The molecule has 0 aliphatic rings. The summed E-state index contributed by atoms with van der Waals surface area (Å²) < 4.78 is 0. The van der Waals surface area contributed by atoms with Gasteiger partial charge in [-0.3, -0.25) is 4.90 Å². The molecule has 2 rings (SSSR count). The molecule has 1 nitrogen and oxygen atoms in total. The second-order valence-corrected chi connectivity index (χ2v) is 6.80. The fourth-order valence-corrected chi connectivity index (χ4v) is 2.26. The predicted octanol–water partition coefficient (Wildman–Crippen LogP) is 5.30. The molecule has 0 aliphatic heterocycles. The van der Waals surface area contributed by atoms with E-state index in [4.69, 9.17) is 0 Å². The van der Waals surface area contributed by atoms with Crippen LogP contribution in [0.4, 0.5) is 0 Å². The van der Waals surface area contributed by atoms with Gasteiger partial charge >= 0.3 is 0 Å². The summed E-state index contributed by atoms with van der Waals surface area (Å²) in [6.07, 6.45) is 4.09. The van der Waals surface area contributed by atoms with Gasteiger partial charge in [0.15, 0.2) is 0 Å². The van der Waals surface area contributed by atoms with Crippen molar-refractivity contribution in [3.8, 4) is 11.8 Å². The first-order chi connectivity index (χ1) is 10.4. The van der Waals surface area contributed by atoms with Crippen LogP contribution in [0.25, 0.3) is 10.8 Å². The van der Waals surface area contributed by atoms with E-state index >= 15 is 0 Å². The first-order valence-electron chi connectivity index (χ1n) is 7.78. The Bertz CT molecular complexity index is 714. The molecule has 122 valence electrons.